The van der Waals surface area contributed by atoms with Crippen molar-refractivity contribution in [3.63, 3.8) is 0 Å². The van der Waals surface area contributed by atoms with Crippen LogP contribution in [0.25, 0.3) is 0 Å². The minimum Gasteiger partial charge on any atom is -0.513 e. The fourth-order valence-electron chi connectivity index (χ4n) is 2.92. The minimum absolute atomic E-state index is 0.0829. The first-order valence-corrected chi connectivity index (χ1v) is 7.39. The van der Waals surface area contributed by atoms with Gasteiger partial charge in [0.15, 0.2) is 0 Å². The summed E-state index contributed by atoms with van der Waals surface area (Å²) in [5.74, 6) is 0.385. The molecule has 0 aliphatic carbocycles. The van der Waals surface area contributed by atoms with E-state index in [-0.39, 0.29) is 12.2 Å². The molecule has 3 rings (SSSR count). The molecule has 1 aliphatic heterocycles. The van der Waals surface area contributed by atoms with Gasteiger partial charge < -0.3 is 9.84 Å². The predicted octanol–water partition coefficient (Wildman–Crippen LogP) is 5.11. The van der Waals surface area contributed by atoms with Gasteiger partial charge in [0.1, 0.15) is 6.10 Å². The minimum atomic E-state index is -0.157. The summed E-state index contributed by atoms with van der Waals surface area (Å²) in [5.41, 5.74) is 3.29. The number of ether oxygens (including phenoxy) is 1. The van der Waals surface area contributed by atoms with Crippen LogP contribution in [0.5, 0.6) is 0 Å². The predicted molar refractivity (Wildman–Crippen MR) is 84.0 cm³/mol. The topological polar surface area (TPSA) is 29.5 Å². The lowest BCUT2D eigenvalue weighted by molar-refractivity contribution is -0.0248. The molecular weight excluding hydrogens is 260 g/mol. The first-order chi connectivity index (χ1) is 10.3. The van der Waals surface area contributed by atoms with Crippen molar-refractivity contribution < 1.29 is 9.84 Å². The molecule has 2 aromatic carbocycles. The van der Waals surface area contributed by atoms with E-state index < -0.39 is 0 Å². The molecular formula is C19H20O2. The van der Waals surface area contributed by atoms with E-state index in [9.17, 15) is 5.11 Å². The van der Waals surface area contributed by atoms with Crippen LogP contribution < -0.4 is 0 Å². The molecule has 0 saturated carbocycles. The Morgan fingerprint density at radius 3 is 2.10 bits per heavy atom. The first kappa shape index (κ1) is 13.9. The van der Waals surface area contributed by atoms with Crippen LogP contribution >= 0.6 is 0 Å². The van der Waals surface area contributed by atoms with Gasteiger partial charge in [0.05, 0.1) is 11.9 Å². The molecule has 1 fully saturated rings. The molecule has 0 radical (unpaired) electrons. The summed E-state index contributed by atoms with van der Waals surface area (Å²) in [7, 11) is 0. The second kappa shape index (κ2) is 6.15. The summed E-state index contributed by atoms with van der Waals surface area (Å²) < 4.78 is 6.31. The van der Waals surface area contributed by atoms with E-state index in [4.69, 9.17) is 4.74 Å². The molecule has 1 N–H and O–H groups in total. The van der Waals surface area contributed by atoms with E-state index in [1.54, 1.807) is 6.92 Å². The van der Waals surface area contributed by atoms with Crippen molar-refractivity contribution in [3.05, 3.63) is 83.1 Å². The van der Waals surface area contributed by atoms with Crippen LogP contribution in [0.1, 0.15) is 43.1 Å². The van der Waals surface area contributed by atoms with Crippen LogP contribution in [0.4, 0.5) is 0 Å². The Labute approximate surface area is 125 Å². The summed E-state index contributed by atoms with van der Waals surface area (Å²) in [4.78, 5) is 0. The molecule has 0 unspecified atom stereocenters. The quantitative estimate of drug-likeness (QED) is 0.774. The van der Waals surface area contributed by atoms with Gasteiger partial charge in [0.2, 0.25) is 0 Å². The van der Waals surface area contributed by atoms with Gasteiger partial charge in [-0.1, -0.05) is 60.7 Å². The third-order valence-electron chi connectivity index (χ3n) is 4.03. The van der Waals surface area contributed by atoms with Crippen LogP contribution in [0.15, 0.2) is 72.0 Å². The van der Waals surface area contributed by atoms with Gasteiger partial charge in [-0.15, -0.1) is 0 Å². The molecule has 2 nitrogen and oxygen atoms in total. The molecule has 108 valence electrons. The standard InChI is InChI=1S/C19H20O2/c1-14(20)17-12-13-18(15-8-4-2-5-9-15)21-19(17)16-10-6-3-7-11-16/h2-11,18-20H,12-13H2,1H3/b17-14+/t18-,19-/m0/s1. The summed E-state index contributed by atoms with van der Waals surface area (Å²) in [5, 5.41) is 9.97. The van der Waals surface area contributed by atoms with Crippen LogP contribution in [0, 0.1) is 0 Å². The Bertz CT molecular complexity index is 613. The van der Waals surface area contributed by atoms with E-state index in [0.29, 0.717) is 5.76 Å². The van der Waals surface area contributed by atoms with Gasteiger partial charge >= 0.3 is 0 Å². The Kier molecular flexibility index (Phi) is 4.07. The summed E-state index contributed by atoms with van der Waals surface area (Å²) >= 11 is 0. The van der Waals surface area contributed by atoms with Gasteiger partial charge in [0.25, 0.3) is 0 Å². The monoisotopic (exact) mass is 280 g/mol. The molecule has 21 heavy (non-hydrogen) atoms. The Hall–Kier alpha value is -2.06. The van der Waals surface area contributed by atoms with E-state index in [2.05, 4.69) is 24.3 Å². The Balaban J connectivity index is 1.92. The highest BCUT2D eigenvalue weighted by Crippen LogP contribution is 2.42. The number of allylic oxidation sites excluding steroid dienone is 1. The van der Waals surface area contributed by atoms with Crippen molar-refractivity contribution in [1.82, 2.24) is 0 Å². The molecule has 0 aromatic heterocycles. The van der Waals surface area contributed by atoms with Crippen LogP contribution in [-0.4, -0.2) is 5.11 Å². The van der Waals surface area contributed by atoms with Gasteiger partial charge in [-0.25, -0.2) is 0 Å². The van der Waals surface area contributed by atoms with E-state index >= 15 is 0 Å². The number of aliphatic hydroxyl groups excluding tert-OH is 1. The van der Waals surface area contributed by atoms with Crippen LogP contribution in [-0.2, 0) is 4.74 Å². The maximum Gasteiger partial charge on any atom is 0.108 e. The molecule has 0 spiro atoms. The lowest BCUT2D eigenvalue weighted by Crippen LogP contribution is -2.19. The van der Waals surface area contributed by atoms with Gasteiger partial charge in [0, 0.05) is 5.57 Å². The number of rotatable bonds is 2. The average molecular weight is 280 g/mol. The number of hydrogen-bond acceptors (Lipinski definition) is 2. The SMILES string of the molecule is C/C(O)=C1/CC[C@@H](c2ccccc2)O[C@H]1c1ccccc1. The zero-order valence-electron chi connectivity index (χ0n) is 12.2. The van der Waals surface area contributed by atoms with Crippen molar-refractivity contribution in [3.8, 4) is 0 Å². The number of aliphatic hydroxyl groups is 1. The third kappa shape index (κ3) is 3.01. The zero-order chi connectivity index (χ0) is 14.7. The molecule has 1 heterocycles. The maximum absolute atomic E-state index is 9.97. The zero-order valence-corrected chi connectivity index (χ0v) is 12.2. The van der Waals surface area contributed by atoms with Crippen LogP contribution in [0.3, 0.4) is 0 Å². The average Bonchev–Trinajstić information content (AvgIpc) is 2.56. The summed E-state index contributed by atoms with van der Waals surface area (Å²) in [6.07, 6.45) is 1.69. The van der Waals surface area contributed by atoms with Crippen molar-refractivity contribution in [1.29, 1.82) is 0 Å². The summed E-state index contributed by atoms with van der Waals surface area (Å²) in [6.45, 7) is 1.75. The molecule has 0 amide bonds. The van der Waals surface area contributed by atoms with Crippen molar-refractivity contribution in [2.24, 2.45) is 0 Å². The van der Waals surface area contributed by atoms with E-state index in [1.807, 2.05) is 36.4 Å². The molecule has 2 heteroatoms. The lowest BCUT2D eigenvalue weighted by atomic mass is 9.90. The lowest BCUT2D eigenvalue weighted by Gasteiger charge is -2.33. The second-order valence-corrected chi connectivity index (χ2v) is 5.48. The second-order valence-electron chi connectivity index (χ2n) is 5.48. The fraction of sp³-hybridized carbons (Fsp3) is 0.263. The van der Waals surface area contributed by atoms with Crippen molar-refractivity contribution >= 4 is 0 Å². The fourth-order valence-corrected chi connectivity index (χ4v) is 2.92. The molecule has 1 aliphatic rings. The van der Waals surface area contributed by atoms with Gasteiger partial charge in [-0.05, 0) is 30.9 Å². The smallest absolute Gasteiger partial charge is 0.108 e. The van der Waals surface area contributed by atoms with E-state index in [0.717, 1.165) is 24.0 Å². The first-order valence-electron chi connectivity index (χ1n) is 7.39. The molecule has 2 aromatic rings. The van der Waals surface area contributed by atoms with Crippen molar-refractivity contribution in [2.75, 3.05) is 0 Å². The summed E-state index contributed by atoms with van der Waals surface area (Å²) in [6, 6.07) is 20.4. The largest absolute Gasteiger partial charge is 0.513 e. The molecule has 2 atom stereocenters. The highest BCUT2D eigenvalue weighted by Gasteiger charge is 2.30. The third-order valence-corrected chi connectivity index (χ3v) is 4.03. The normalized spacial score (nSPS) is 24.6. The van der Waals surface area contributed by atoms with Gasteiger partial charge in [-0.3, -0.25) is 0 Å². The highest BCUT2D eigenvalue weighted by molar-refractivity contribution is 5.30. The number of benzene rings is 2. The Morgan fingerprint density at radius 1 is 0.952 bits per heavy atom. The Morgan fingerprint density at radius 2 is 1.52 bits per heavy atom. The highest BCUT2D eigenvalue weighted by atomic mass is 16.5. The van der Waals surface area contributed by atoms with Crippen molar-refractivity contribution in [2.45, 2.75) is 32.0 Å². The van der Waals surface area contributed by atoms with Gasteiger partial charge in [-0.2, -0.15) is 0 Å². The number of hydrogen-bond donors (Lipinski definition) is 1. The maximum atomic E-state index is 9.97. The van der Waals surface area contributed by atoms with E-state index in [1.165, 1.54) is 5.56 Å². The van der Waals surface area contributed by atoms with Crippen LogP contribution in [0.2, 0.25) is 0 Å². The molecule has 0 bridgehead atoms. The molecule has 1 saturated heterocycles.